The molecule has 8 heteroatoms. The monoisotopic (exact) mass is 438 g/mol. The summed E-state index contributed by atoms with van der Waals surface area (Å²) in [5, 5.41) is 15.0. The minimum atomic E-state index is -0.670. The topological polar surface area (TPSA) is 103 Å². The van der Waals surface area contributed by atoms with Gasteiger partial charge in [-0.25, -0.2) is 4.79 Å². The summed E-state index contributed by atoms with van der Waals surface area (Å²) in [6.45, 7) is 3.65. The summed E-state index contributed by atoms with van der Waals surface area (Å²) in [5.74, 6) is 0.0344. The molecule has 3 N–H and O–H groups in total. The SMILES string of the molecule is C=CCc1cccc(/C=N/n2c(=O)[nH]c3c([nH]c4ccc(Br)cc43)c2=O)c1O. The third kappa shape index (κ3) is 2.97. The summed E-state index contributed by atoms with van der Waals surface area (Å²) in [7, 11) is 0. The number of aromatic hydroxyl groups is 1. The van der Waals surface area contributed by atoms with Crippen LogP contribution in [0.1, 0.15) is 11.1 Å². The van der Waals surface area contributed by atoms with Crippen molar-refractivity contribution >= 4 is 44.1 Å². The number of nitrogens with one attached hydrogen (secondary N) is 2. The van der Waals surface area contributed by atoms with Gasteiger partial charge in [0.05, 0.1) is 11.7 Å². The summed E-state index contributed by atoms with van der Waals surface area (Å²) in [4.78, 5) is 31.0. The fourth-order valence-electron chi connectivity index (χ4n) is 3.07. The van der Waals surface area contributed by atoms with Gasteiger partial charge in [0.1, 0.15) is 11.3 Å². The number of fused-ring (bicyclic) bond motifs is 3. The van der Waals surface area contributed by atoms with E-state index in [2.05, 4.69) is 37.6 Å². The van der Waals surface area contributed by atoms with E-state index in [9.17, 15) is 14.7 Å². The lowest BCUT2D eigenvalue weighted by molar-refractivity contribution is 0.469. The van der Waals surface area contributed by atoms with Gasteiger partial charge in [-0.15, -0.1) is 11.3 Å². The highest BCUT2D eigenvalue weighted by Gasteiger charge is 2.13. The van der Waals surface area contributed by atoms with Gasteiger partial charge in [-0.05, 0) is 36.2 Å². The Morgan fingerprint density at radius 1 is 1.18 bits per heavy atom. The summed E-state index contributed by atoms with van der Waals surface area (Å²) in [5.41, 5.74) is 1.22. The molecule has 0 amide bonds. The van der Waals surface area contributed by atoms with Crippen LogP contribution in [0, 0.1) is 0 Å². The molecule has 28 heavy (non-hydrogen) atoms. The molecule has 0 radical (unpaired) electrons. The zero-order valence-corrected chi connectivity index (χ0v) is 16.2. The number of aromatic amines is 2. The number of para-hydroxylation sites is 1. The number of hydrogen-bond acceptors (Lipinski definition) is 4. The summed E-state index contributed by atoms with van der Waals surface area (Å²) in [6.07, 6.45) is 3.45. The molecule has 0 aliphatic heterocycles. The second kappa shape index (κ2) is 6.97. The lowest BCUT2D eigenvalue weighted by atomic mass is 10.1. The predicted molar refractivity (Wildman–Crippen MR) is 113 cm³/mol. The van der Waals surface area contributed by atoms with E-state index in [1.807, 2.05) is 18.2 Å². The molecule has 0 atom stereocenters. The first kappa shape index (κ1) is 18.0. The van der Waals surface area contributed by atoms with Crippen LogP contribution in [0.15, 0.2) is 68.2 Å². The van der Waals surface area contributed by atoms with Gasteiger partial charge in [0, 0.05) is 20.9 Å². The molecular formula is C20H15BrN4O3. The van der Waals surface area contributed by atoms with Crippen LogP contribution in [0.2, 0.25) is 0 Å². The number of benzene rings is 2. The van der Waals surface area contributed by atoms with Gasteiger partial charge in [0.25, 0.3) is 0 Å². The molecular weight excluding hydrogens is 424 g/mol. The predicted octanol–water partition coefficient (Wildman–Crippen LogP) is 3.25. The fraction of sp³-hybridized carbons (Fsp3) is 0.0500. The zero-order chi connectivity index (χ0) is 19.8. The Kier molecular flexibility index (Phi) is 4.48. The van der Waals surface area contributed by atoms with E-state index in [1.54, 1.807) is 24.3 Å². The average Bonchev–Trinajstić information content (AvgIpc) is 3.02. The second-order valence-corrected chi connectivity index (χ2v) is 7.12. The molecule has 140 valence electrons. The third-order valence-electron chi connectivity index (χ3n) is 4.42. The molecule has 2 aromatic carbocycles. The van der Waals surface area contributed by atoms with Crippen LogP contribution in [0.5, 0.6) is 5.75 Å². The summed E-state index contributed by atoms with van der Waals surface area (Å²) in [6, 6.07) is 10.6. The number of H-pyrrole nitrogens is 2. The second-order valence-electron chi connectivity index (χ2n) is 6.20. The van der Waals surface area contributed by atoms with Gasteiger partial charge in [-0.2, -0.15) is 5.10 Å². The highest BCUT2D eigenvalue weighted by molar-refractivity contribution is 9.10. The molecule has 0 saturated carbocycles. The number of nitrogens with zero attached hydrogens (tertiary/aromatic N) is 2. The molecule has 0 aliphatic carbocycles. The first-order chi connectivity index (χ1) is 13.5. The van der Waals surface area contributed by atoms with Crippen molar-refractivity contribution in [3.05, 3.63) is 85.5 Å². The molecule has 7 nitrogen and oxygen atoms in total. The fourth-order valence-corrected chi connectivity index (χ4v) is 3.43. The minimum absolute atomic E-state index is 0.0344. The van der Waals surface area contributed by atoms with Gasteiger partial charge in [-0.1, -0.05) is 34.1 Å². The van der Waals surface area contributed by atoms with Crippen molar-refractivity contribution in [2.24, 2.45) is 5.10 Å². The molecule has 0 saturated heterocycles. The van der Waals surface area contributed by atoms with Crippen molar-refractivity contribution in [2.75, 3.05) is 0 Å². The molecule has 0 bridgehead atoms. The van der Waals surface area contributed by atoms with Crippen LogP contribution >= 0.6 is 15.9 Å². The average molecular weight is 439 g/mol. The molecule has 4 aromatic rings. The molecule has 2 heterocycles. The Hall–Kier alpha value is -3.39. The lowest BCUT2D eigenvalue weighted by Crippen LogP contribution is -2.32. The highest BCUT2D eigenvalue weighted by Crippen LogP contribution is 2.24. The van der Waals surface area contributed by atoms with Crippen LogP contribution in [-0.2, 0) is 6.42 Å². The number of halogens is 1. The molecule has 0 unspecified atom stereocenters. The van der Waals surface area contributed by atoms with Crippen molar-refractivity contribution in [1.82, 2.24) is 14.6 Å². The first-order valence-corrected chi connectivity index (χ1v) is 9.21. The Morgan fingerprint density at radius 3 is 2.79 bits per heavy atom. The Labute approximate surface area is 166 Å². The van der Waals surface area contributed by atoms with Gasteiger partial charge < -0.3 is 15.1 Å². The summed E-state index contributed by atoms with van der Waals surface area (Å²) < 4.78 is 1.56. The number of allylic oxidation sites excluding steroid dienone is 1. The maximum absolute atomic E-state index is 12.8. The van der Waals surface area contributed by atoms with Gasteiger partial charge in [-0.3, -0.25) is 4.79 Å². The number of hydrogen-bond donors (Lipinski definition) is 3. The first-order valence-electron chi connectivity index (χ1n) is 8.42. The van der Waals surface area contributed by atoms with Gasteiger partial charge in [0.2, 0.25) is 0 Å². The van der Waals surface area contributed by atoms with Crippen LogP contribution in [-0.4, -0.2) is 26.0 Å². The Balaban J connectivity index is 1.86. The maximum atomic E-state index is 12.8. The minimum Gasteiger partial charge on any atom is -0.507 e. The smallest absolute Gasteiger partial charge is 0.350 e. The van der Waals surface area contributed by atoms with E-state index >= 15 is 0 Å². The molecule has 0 fully saturated rings. The van der Waals surface area contributed by atoms with E-state index in [4.69, 9.17) is 0 Å². The number of rotatable bonds is 4. The van der Waals surface area contributed by atoms with E-state index < -0.39 is 11.2 Å². The molecule has 2 aromatic heterocycles. The van der Waals surface area contributed by atoms with Crippen LogP contribution in [0.4, 0.5) is 0 Å². The van der Waals surface area contributed by atoms with Crippen LogP contribution in [0.3, 0.4) is 0 Å². The van der Waals surface area contributed by atoms with Crippen molar-refractivity contribution < 1.29 is 5.11 Å². The quantitative estimate of drug-likeness (QED) is 0.336. The molecule has 4 rings (SSSR count). The van der Waals surface area contributed by atoms with Crippen molar-refractivity contribution in [3.8, 4) is 5.75 Å². The summed E-state index contributed by atoms with van der Waals surface area (Å²) >= 11 is 3.39. The Bertz CT molecular complexity index is 1380. The van der Waals surface area contributed by atoms with Crippen molar-refractivity contribution in [3.63, 3.8) is 0 Å². The van der Waals surface area contributed by atoms with Gasteiger partial charge >= 0.3 is 11.2 Å². The van der Waals surface area contributed by atoms with E-state index in [-0.39, 0.29) is 11.3 Å². The number of aromatic nitrogens is 3. The molecule has 0 spiro atoms. The van der Waals surface area contributed by atoms with Crippen molar-refractivity contribution in [2.45, 2.75) is 6.42 Å². The lowest BCUT2D eigenvalue weighted by Gasteiger charge is -2.04. The van der Waals surface area contributed by atoms with Gasteiger partial charge in [0.15, 0.2) is 0 Å². The maximum Gasteiger partial charge on any atom is 0.350 e. The molecule has 0 aliphatic rings. The van der Waals surface area contributed by atoms with Crippen LogP contribution in [0.25, 0.3) is 21.9 Å². The van der Waals surface area contributed by atoms with Crippen molar-refractivity contribution in [1.29, 1.82) is 0 Å². The van der Waals surface area contributed by atoms with E-state index in [0.29, 0.717) is 23.1 Å². The highest BCUT2D eigenvalue weighted by atomic mass is 79.9. The standard InChI is InChI=1S/C20H15BrN4O3/c1-2-4-11-5-3-6-12(18(11)26)10-22-25-19(27)17-16(24-20(25)28)14-9-13(21)7-8-15(14)23-17/h2-3,5-10,23,26H,1,4H2,(H,24,28)/b22-10+. The number of phenols is 1. The normalized spacial score (nSPS) is 11.6. The van der Waals surface area contributed by atoms with E-state index in [1.165, 1.54) is 6.21 Å². The number of phenolic OH excluding ortho intramolecular Hbond substituents is 1. The zero-order valence-electron chi connectivity index (χ0n) is 14.6. The Morgan fingerprint density at radius 2 is 2.00 bits per heavy atom. The largest absolute Gasteiger partial charge is 0.507 e. The van der Waals surface area contributed by atoms with E-state index in [0.717, 1.165) is 20.1 Å². The third-order valence-corrected chi connectivity index (χ3v) is 4.91. The van der Waals surface area contributed by atoms with Crippen LogP contribution < -0.4 is 11.2 Å².